The van der Waals surface area contributed by atoms with Crippen LogP contribution in [0.3, 0.4) is 0 Å². The Hall–Kier alpha value is -2.08. The van der Waals surface area contributed by atoms with Crippen LogP contribution in [0.25, 0.3) is 10.9 Å². The predicted molar refractivity (Wildman–Crippen MR) is 68.0 cm³/mol. The number of fused-ring (bicyclic) bond motifs is 1. The second-order valence-corrected chi connectivity index (χ2v) is 4.18. The van der Waals surface area contributed by atoms with Gasteiger partial charge >= 0.3 is 0 Å². The summed E-state index contributed by atoms with van der Waals surface area (Å²) in [4.78, 5) is 12.0. The molecule has 0 aliphatic carbocycles. The maximum atomic E-state index is 12.0. The zero-order valence-electron chi connectivity index (χ0n) is 10.2. The van der Waals surface area contributed by atoms with Gasteiger partial charge in [0.2, 0.25) is 0 Å². The number of hydrogen-bond donors (Lipinski definition) is 0. The molecule has 3 heteroatoms. The first kappa shape index (κ1) is 11.4. The van der Waals surface area contributed by atoms with Gasteiger partial charge in [-0.05, 0) is 30.5 Å². The van der Waals surface area contributed by atoms with Gasteiger partial charge in [0.1, 0.15) is 11.6 Å². The lowest BCUT2D eigenvalue weighted by Crippen LogP contribution is -2.21. The molecule has 0 unspecified atom stereocenters. The van der Waals surface area contributed by atoms with E-state index in [1.54, 1.807) is 11.6 Å². The van der Waals surface area contributed by atoms with Crippen LogP contribution in [0.5, 0.6) is 0 Å². The number of nitriles is 1. The molecular formula is C14H14N2O. The molecule has 1 heterocycles. The monoisotopic (exact) mass is 226 g/mol. The minimum absolute atomic E-state index is 0.217. The summed E-state index contributed by atoms with van der Waals surface area (Å²) in [5.41, 5.74) is 2.88. The zero-order chi connectivity index (χ0) is 12.6. The van der Waals surface area contributed by atoms with Crippen molar-refractivity contribution in [3.05, 3.63) is 45.2 Å². The summed E-state index contributed by atoms with van der Waals surface area (Å²) in [7, 11) is 1.71. The van der Waals surface area contributed by atoms with Gasteiger partial charge in [-0.2, -0.15) is 5.26 Å². The van der Waals surface area contributed by atoms with Crippen molar-refractivity contribution in [2.45, 2.75) is 20.3 Å². The van der Waals surface area contributed by atoms with E-state index in [9.17, 15) is 4.79 Å². The molecule has 2 rings (SSSR count). The lowest BCUT2D eigenvalue weighted by Gasteiger charge is -2.10. The number of rotatable bonds is 1. The highest BCUT2D eigenvalue weighted by Gasteiger charge is 2.11. The van der Waals surface area contributed by atoms with Crippen LogP contribution in [0.4, 0.5) is 0 Å². The highest BCUT2D eigenvalue weighted by Crippen LogP contribution is 2.20. The Morgan fingerprint density at radius 3 is 2.71 bits per heavy atom. The van der Waals surface area contributed by atoms with Crippen LogP contribution in [0.2, 0.25) is 0 Å². The summed E-state index contributed by atoms with van der Waals surface area (Å²) in [6, 6.07) is 8.04. The minimum Gasteiger partial charge on any atom is -0.310 e. The average molecular weight is 226 g/mol. The van der Waals surface area contributed by atoms with Gasteiger partial charge in [-0.1, -0.05) is 19.1 Å². The minimum atomic E-state index is -0.217. The van der Waals surface area contributed by atoms with Gasteiger partial charge in [0, 0.05) is 12.4 Å². The van der Waals surface area contributed by atoms with E-state index in [0.29, 0.717) is 0 Å². The Morgan fingerprint density at radius 2 is 2.12 bits per heavy atom. The third-order valence-electron chi connectivity index (χ3n) is 3.24. The van der Waals surface area contributed by atoms with E-state index in [0.717, 1.165) is 22.9 Å². The molecule has 0 fully saturated rings. The Labute approximate surface area is 99.9 Å². The SMILES string of the molecule is CCc1ccc2c(C)c(C#N)c(=O)n(C)c2c1. The van der Waals surface area contributed by atoms with Crippen molar-refractivity contribution in [1.82, 2.24) is 4.57 Å². The van der Waals surface area contributed by atoms with Gasteiger partial charge in [0.25, 0.3) is 5.56 Å². The van der Waals surface area contributed by atoms with Crippen LogP contribution < -0.4 is 5.56 Å². The first-order valence-electron chi connectivity index (χ1n) is 5.62. The molecule has 0 atom stereocenters. The summed E-state index contributed by atoms with van der Waals surface area (Å²) < 4.78 is 1.56. The third-order valence-corrected chi connectivity index (χ3v) is 3.24. The molecule has 86 valence electrons. The fraction of sp³-hybridized carbons (Fsp3) is 0.286. The van der Waals surface area contributed by atoms with Crippen molar-refractivity contribution in [2.24, 2.45) is 7.05 Å². The fourth-order valence-electron chi connectivity index (χ4n) is 2.10. The lowest BCUT2D eigenvalue weighted by molar-refractivity contribution is 0.895. The quantitative estimate of drug-likeness (QED) is 0.748. The van der Waals surface area contributed by atoms with Crippen molar-refractivity contribution >= 4 is 10.9 Å². The standard InChI is InChI=1S/C14H14N2O/c1-4-10-5-6-11-9(2)12(8-15)14(17)16(3)13(11)7-10/h5-7H,4H2,1-3H3. The first-order chi connectivity index (χ1) is 8.10. The first-order valence-corrected chi connectivity index (χ1v) is 5.62. The summed E-state index contributed by atoms with van der Waals surface area (Å²) in [5, 5.41) is 9.99. The summed E-state index contributed by atoms with van der Waals surface area (Å²) in [5.74, 6) is 0. The van der Waals surface area contributed by atoms with Crippen molar-refractivity contribution in [3.8, 4) is 6.07 Å². The number of benzene rings is 1. The van der Waals surface area contributed by atoms with E-state index in [1.807, 2.05) is 31.2 Å². The molecule has 0 bridgehead atoms. The lowest BCUT2D eigenvalue weighted by atomic mass is 10.0. The number of hydrogen-bond acceptors (Lipinski definition) is 2. The van der Waals surface area contributed by atoms with Gasteiger partial charge in [-0.3, -0.25) is 4.79 Å². The van der Waals surface area contributed by atoms with E-state index in [2.05, 4.69) is 6.92 Å². The van der Waals surface area contributed by atoms with Crippen LogP contribution in [-0.2, 0) is 13.5 Å². The van der Waals surface area contributed by atoms with Crippen LogP contribution in [0.15, 0.2) is 23.0 Å². The molecule has 0 saturated heterocycles. The van der Waals surface area contributed by atoms with E-state index in [4.69, 9.17) is 5.26 Å². The fourth-order valence-corrected chi connectivity index (χ4v) is 2.10. The second kappa shape index (κ2) is 4.06. The highest BCUT2D eigenvalue weighted by molar-refractivity contribution is 5.84. The molecule has 1 aromatic heterocycles. The summed E-state index contributed by atoms with van der Waals surface area (Å²) >= 11 is 0. The maximum absolute atomic E-state index is 12.0. The molecule has 0 N–H and O–H groups in total. The van der Waals surface area contributed by atoms with E-state index in [-0.39, 0.29) is 11.1 Å². The number of nitrogens with zero attached hydrogens (tertiary/aromatic N) is 2. The number of aromatic nitrogens is 1. The Kier molecular flexibility index (Phi) is 2.72. The Bertz CT molecular complexity index is 690. The second-order valence-electron chi connectivity index (χ2n) is 4.18. The molecule has 17 heavy (non-hydrogen) atoms. The predicted octanol–water partition coefficient (Wildman–Crippen LogP) is 2.28. The Balaban J connectivity index is 2.99. The Morgan fingerprint density at radius 1 is 1.41 bits per heavy atom. The van der Waals surface area contributed by atoms with Crippen molar-refractivity contribution in [2.75, 3.05) is 0 Å². The van der Waals surface area contributed by atoms with Gasteiger partial charge in [-0.15, -0.1) is 0 Å². The molecule has 0 amide bonds. The van der Waals surface area contributed by atoms with Crippen LogP contribution in [0.1, 0.15) is 23.6 Å². The normalized spacial score (nSPS) is 10.5. The average Bonchev–Trinajstić information content (AvgIpc) is 2.36. The molecule has 0 radical (unpaired) electrons. The van der Waals surface area contributed by atoms with E-state index < -0.39 is 0 Å². The van der Waals surface area contributed by atoms with Crippen molar-refractivity contribution in [1.29, 1.82) is 5.26 Å². The number of aryl methyl sites for hydroxylation is 3. The molecule has 0 spiro atoms. The zero-order valence-corrected chi connectivity index (χ0v) is 10.2. The maximum Gasteiger partial charge on any atom is 0.268 e. The largest absolute Gasteiger partial charge is 0.310 e. The molecule has 3 nitrogen and oxygen atoms in total. The van der Waals surface area contributed by atoms with Crippen LogP contribution in [-0.4, -0.2) is 4.57 Å². The molecule has 1 aromatic carbocycles. The molecule has 0 saturated carbocycles. The van der Waals surface area contributed by atoms with Gasteiger partial charge in [0.15, 0.2) is 0 Å². The summed E-state index contributed by atoms with van der Waals surface area (Å²) in [6.45, 7) is 3.91. The van der Waals surface area contributed by atoms with Crippen molar-refractivity contribution < 1.29 is 0 Å². The van der Waals surface area contributed by atoms with Gasteiger partial charge < -0.3 is 4.57 Å². The topological polar surface area (TPSA) is 45.8 Å². The third kappa shape index (κ3) is 1.62. The van der Waals surface area contributed by atoms with E-state index >= 15 is 0 Å². The van der Waals surface area contributed by atoms with Crippen LogP contribution >= 0.6 is 0 Å². The molecule has 0 aliphatic heterocycles. The van der Waals surface area contributed by atoms with Gasteiger partial charge in [0.05, 0.1) is 5.52 Å². The molecule has 2 aromatic rings. The number of pyridine rings is 1. The smallest absolute Gasteiger partial charge is 0.268 e. The molecular weight excluding hydrogens is 212 g/mol. The van der Waals surface area contributed by atoms with E-state index in [1.165, 1.54) is 5.56 Å². The highest BCUT2D eigenvalue weighted by atomic mass is 16.1. The van der Waals surface area contributed by atoms with Crippen LogP contribution in [0, 0.1) is 18.3 Å². The molecule has 0 aliphatic rings. The van der Waals surface area contributed by atoms with Gasteiger partial charge in [-0.25, -0.2) is 0 Å². The van der Waals surface area contributed by atoms with Crippen molar-refractivity contribution in [3.63, 3.8) is 0 Å². The summed E-state index contributed by atoms with van der Waals surface area (Å²) in [6.07, 6.45) is 0.934.